The second kappa shape index (κ2) is 6.93. The third-order valence-corrected chi connectivity index (χ3v) is 1.88. The van der Waals surface area contributed by atoms with Crippen molar-refractivity contribution in [3.63, 3.8) is 0 Å². The van der Waals surface area contributed by atoms with Crippen LogP contribution >= 0.6 is 0 Å². The maximum Gasteiger partial charge on any atom is 0.411 e. The van der Waals surface area contributed by atoms with E-state index in [1.807, 2.05) is 0 Å². The molecule has 0 radical (unpaired) electrons. The van der Waals surface area contributed by atoms with Gasteiger partial charge in [0, 0.05) is 0 Å². The molecule has 0 rings (SSSR count). The van der Waals surface area contributed by atoms with Crippen LogP contribution in [0.5, 0.6) is 0 Å². The second-order valence-corrected chi connectivity index (χ2v) is 4.60. The molecule has 0 aliphatic heterocycles. The van der Waals surface area contributed by atoms with Gasteiger partial charge in [-0.25, -0.2) is 4.79 Å². The standard InChI is InChI=1S/C12H21NO4/c1-10(6-9-16-5)13(7-8-14)11(15)17-12(2,3)4/h6,8-10H,7H2,1-5H3. The summed E-state index contributed by atoms with van der Waals surface area (Å²) in [7, 11) is 1.51. The van der Waals surface area contributed by atoms with E-state index in [2.05, 4.69) is 0 Å². The van der Waals surface area contributed by atoms with Gasteiger partial charge in [0.2, 0.25) is 0 Å². The zero-order valence-corrected chi connectivity index (χ0v) is 11.1. The Bertz CT molecular complexity index is 281. The van der Waals surface area contributed by atoms with Crippen molar-refractivity contribution in [1.82, 2.24) is 4.90 Å². The van der Waals surface area contributed by atoms with Gasteiger partial charge in [-0.2, -0.15) is 0 Å². The van der Waals surface area contributed by atoms with E-state index in [1.54, 1.807) is 33.8 Å². The molecule has 5 nitrogen and oxygen atoms in total. The van der Waals surface area contributed by atoms with Crippen LogP contribution < -0.4 is 0 Å². The average molecular weight is 243 g/mol. The number of hydrogen-bond acceptors (Lipinski definition) is 4. The molecule has 1 unspecified atom stereocenters. The molecule has 0 spiro atoms. The Hall–Kier alpha value is -1.52. The van der Waals surface area contributed by atoms with Crippen molar-refractivity contribution in [3.05, 3.63) is 12.3 Å². The molecule has 98 valence electrons. The highest BCUT2D eigenvalue weighted by atomic mass is 16.6. The normalized spacial score (nSPS) is 13.2. The molecular formula is C12H21NO4. The first-order valence-electron chi connectivity index (χ1n) is 5.44. The van der Waals surface area contributed by atoms with Crippen LogP contribution in [0.2, 0.25) is 0 Å². The summed E-state index contributed by atoms with van der Waals surface area (Å²) in [5.41, 5.74) is -0.580. The molecule has 0 saturated heterocycles. The monoisotopic (exact) mass is 243 g/mol. The Morgan fingerprint density at radius 1 is 1.41 bits per heavy atom. The summed E-state index contributed by atoms with van der Waals surface area (Å²) >= 11 is 0. The molecule has 1 atom stereocenters. The summed E-state index contributed by atoms with van der Waals surface area (Å²) in [5, 5.41) is 0. The lowest BCUT2D eigenvalue weighted by Gasteiger charge is -2.28. The molecule has 0 heterocycles. The van der Waals surface area contributed by atoms with Gasteiger partial charge < -0.3 is 14.3 Å². The Balaban J connectivity index is 4.66. The van der Waals surface area contributed by atoms with Crippen molar-refractivity contribution >= 4 is 12.4 Å². The maximum absolute atomic E-state index is 11.8. The highest BCUT2D eigenvalue weighted by molar-refractivity contribution is 5.72. The molecule has 0 fully saturated rings. The molecule has 0 bridgehead atoms. The lowest BCUT2D eigenvalue weighted by atomic mass is 10.2. The SMILES string of the molecule is COC=CC(C)N(CC=O)C(=O)OC(C)(C)C. The van der Waals surface area contributed by atoms with E-state index < -0.39 is 11.7 Å². The van der Waals surface area contributed by atoms with Crippen molar-refractivity contribution in [3.8, 4) is 0 Å². The zero-order valence-electron chi connectivity index (χ0n) is 11.1. The first-order chi connectivity index (χ1) is 7.81. The second-order valence-electron chi connectivity index (χ2n) is 4.60. The number of methoxy groups -OCH3 is 1. The predicted molar refractivity (Wildman–Crippen MR) is 64.6 cm³/mol. The van der Waals surface area contributed by atoms with E-state index in [0.29, 0.717) is 6.29 Å². The van der Waals surface area contributed by atoms with E-state index in [-0.39, 0.29) is 12.6 Å². The minimum atomic E-state index is -0.580. The van der Waals surface area contributed by atoms with Gasteiger partial charge in [-0.1, -0.05) is 0 Å². The number of aldehydes is 1. The van der Waals surface area contributed by atoms with E-state index in [1.165, 1.54) is 18.3 Å². The quantitative estimate of drug-likeness (QED) is 0.547. The van der Waals surface area contributed by atoms with Crippen molar-refractivity contribution in [2.75, 3.05) is 13.7 Å². The Labute approximate surface area is 102 Å². The van der Waals surface area contributed by atoms with Gasteiger partial charge in [0.1, 0.15) is 11.9 Å². The smallest absolute Gasteiger partial charge is 0.411 e. The number of nitrogens with zero attached hydrogens (tertiary/aromatic N) is 1. The number of amides is 1. The first kappa shape index (κ1) is 15.5. The van der Waals surface area contributed by atoms with Crippen LogP contribution in [0.25, 0.3) is 0 Å². The third kappa shape index (κ3) is 6.60. The predicted octanol–water partition coefficient (Wildman–Crippen LogP) is 1.97. The van der Waals surface area contributed by atoms with Crippen LogP contribution in [0.3, 0.4) is 0 Å². The molecule has 1 amide bonds. The molecule has 0 aromatic rings. The van der Waals surface area contributed by atoms with E-state index in [9.17, 15) is 9.59 Å². The minimum absolute atomic E-state index is 0.00979. The van der Waals surface area contributed by atoms with Gasteiger partial charge in [-0.15, -0.1) is 0 Å². The van der Waals surface area contributed by atoms with Gasteiger partial charge in [0.25, 0.3) is 0 Å². The molecule has 0 aliphatic carbocycles. The maximum atomic E-state index is 11.8. The molecular weight excluding hydrogens is 222 g/mol. The molecule has 0 aliphatic rings. The van der Waals surface area contributed by atoms with Crippen LogP contribution in [0.4, 0.5) is 4.79 Å². The van der Waals surface area contributed by atoms with Gasteiger partial charge in [0.15, 0.2) is 0 Å². The molecule has 0 aromatic carbocycles. The van der Waals surface area contributed by atoms with Crippen LogP contribution in [0.15, 0.2) is 12.3 Å². The first-order valence-corrected chi connectivity index (χ1v) is 5.44. The number of carbonyl (C=O) groups excluding carboxylic acids is 2. The number of rotatable bonds is 5. The summed E-state index contributed by atoms with van der Waals surface area (Å²) in [5.74, 6) is 0. The fourth-order valence-corrected chi connectivity index (χ4v) is 1.10. The lowest BCUT2D eigenvalue weighted by molar-refractivity contribution is -0.109. The highest BCUT2D eigenvalue weighted by Crippen LogP contribution is 2.12. The molecule has 0 N–H and O–H groups in total. The largest absolute Gasteiger partial charge is 0.505 e. The van der Waals surface area contributed by atoms with Gasteiger partial charge in [-0.3, -0.25) is 4.90 Å². The number of hydrogen-bond donors (Lipinski definition) is 0. The minimum Gasteiger partial charge on any atom is -0.505 e. The highest BCUT2D eigenvalue weighted by Gasteiger charge is 2.24. The zero-order chi connectivity index (χ0) is 13.5. The molecule has 0 saturated carbocycles. The van der Waals surface area contributed by atoms with Crippen LogP contribution in [-0.4, -0.2) is 42.6 Å². The summed E-state index contributed by atoms with van der Waals surface area (Å²) in [6.07, 6.45) is 3.29. The van der Waals surface area contributed by atoms with Gasteiger partial charge >= 0.3 is 6.09 Å². The summed E-state index contributed by atoms with van der Waals surface area (Å²) in [6, 6.07) is -0.269. The fourth-order valence-electron chi connectivity index (χ4n) is 1.10. The Morgan fingerprint density at radius 3 is 2.41 bits per heavy atom. The lowest BCUT2D eigenvalue weighted by Crippen LogP contribution is -2.42. The summed E-state index contributed by atoms with van der Waals surface area (Å²) in [4.78, 5) is 23.7. The number of ether oxygens (including phenoxy) is 2. The Kier molecular flexibility index (Phi) is 6.31. The average Bonchev–Trinajstić information content (AvgIpc) is 2.19. The topological polar surface area (TPSA) is 55.8 Å². The van der Waals surface area contributed by atoms with Gasteiger partial charge in [-0.05, 0) is 33.8 Å². The van der Waals surface area contributed by atoms with E-state index >= 15 is 0 Å². The van der Waals surface area contributed by atoms with Crippen LogP contribution in [0.1, 0.15) is 27.7 Å². The summed E-state index contributed by atoms with van der Waals surface area (Å²) < 4.78 is 9.98. The number of carbonyl (C=O) groups is 2. The molecule has 5 heteroatoms. The van der Waals surface area contributed by atoms with Crippen molar-refractivity contribution < 1.29 is 19.1 Å². The third-order valence-electron chi connectivity index (χ3n) is 1.88. The van der Waals surface area contributed by atoms with Crippen molar-refractivity contribution in [2.45, 2.75) is 39.3 Å². The van der Waals surface area contributed by atoms with Crippen LogP contribution in [0, 0.1) is 0 Å². The molecule has 17 heavy (non-hydrogen) atoms. The van der Waals surface area contributed by atoms with Gasteiger partial charge in [0.05, 0.1) is 26.0 Å². The van der Waals surface area contributed by atoms with Crippen LogP contribution in [-0.2, 0) is 14.3 Å². The fraction of sp³-hybridized carbons (Fsp3) is 0.667. The van der Waals surface area contributed by atoms with E-state index in [4.69, 9.17) is 9.47 Å². The van der Waals surface area contributed by atoms with E-state index in [0.717, 1.165) is 0 Å². The molecule has 0 aromatic heterocycles. The van der Waals surface area contributed by atoms with Crippen molar-refractivity contribution in [2.24, 2.45) is 0 Å². The summed E-state index contributed by atoms with van der Waals surface area (Å²) in [6.45, 7) is 7.10. The Morgan fingerprint density at radius 2 is 2.00 bits per heavy atom. The van der Waals surface area contributed by atoms with Crippen molar-refractivity contribution in [1.29, 1.82) is 0 Å².